The van der Waals surface area contributed by atoms with E-state index in [-0.39, 0.29) is 0 Å². The molecule has 0 nitrogen and oxygen atoms in total. The van der Waals surface area contributed by atoms with Crippen molar-refractivity contribution in [1.29, 1.82) is 0 Å². The van der Waals surface area contributed by atoms with Gasteiger partial charge in [0.2, 0.25) is 0 Å². The van der Waals surface area contributed by atoms with Crippen LogP contribution in [-0.4, -0.2) is 0 Å². The Morgan fingerprint density at radius 2 is 2.00 bits per heavy atom. The molecule has 0 heterocycles. The second-order valence-corrected chi connectivity index (χ2v) is 2.55. The van der Waals surface area contributed by atoms with E-state index in [1.54, 1.807) is 0 Å². The van der Waals surface area contributed by atoms with Gasteiger partial charge in [-0.15, -0.1) is 6.58 Å². The molecule has 0 spiro atoms. The van der Waals surface area contributed by atoms with Gasteiger partial charge in [-0.25, -0.2) is 0 Å². The van der Waals surface area contributed by atoms with Crippen molar-refractivity contribution in [2.24, 2.45) is 0 Å². The Balaban J connectivity index is 3.31. The minimum Gasteiger partial charge on any atom is -0.100 e. The first-order chi connectivity index (χ1) is 4.13. The molecule has 0 atom stereocenters. The van der Waals surface area contributed by atoms with Crippen LogP contribution in [0.4, 0.5) is 0 Å². The third kappa shape index (κ3) is 7.48. The highest BCUT2D eigenvalue weighted by Gasteiger charge is 1.82. The number of hydrogen-bond donors (Lipinski definition) is 0. The number of rotatable bonds is 3. The molecule has 0 saturated carbocycles. The first kappa shape index (κ1) is 8.48. The number of hydrogen-bond acceptors (Lipinski definition) is 0. The van der Waals surface area contributed by atoms with Crippen LogP contribution in [-0.2, 0) is 0 Å². The van der Waals surface area contributed by atoms with E-state index in [9.17, 15) is 0 Å². The van der Waals surface area contributed by atoms with Gasteiger partial charge in [0.15, 0.2) is 0 Å². The smallest absolute Gasteiger partial charge is 0.0286 e. The Labute approximate surface area is 58.3 Å². The van der Waals surface area contributed by atoms with Gasteiger partial charge in [-0.2, -0.15) is 0 Å². The molecule has 0 aromatic carbocycles. The SMILES string of the molecule is [CH2]C(C)=CCCC(=C)C. The van der Waals surface area contributed by atoms with Crippen LogP contribution < -0.4 is 0 Å². The molecule has 0 rings (SSSR count). The van der Waals surface area contributed by atoms with Crippen LogP contribution in [0.5, 0.6) is 0 Å². The Morgan fingerprint density at radius 1 is 1.44 bits per heavy atom. The first-order valence-corrected chi connectivity index (χ1v) is 3.26. The van der Waals surface area contributed by atoms with Crippen LogP contribution in [0.15, 0.2) is 23.8 Å². The zero-order chi connectivity index (χ0) is 7.28. The Hall–Kier alpha value is -0.520. The van der Waals surface area contributed by atoms with E-state index >= 15 is 0 Å². The highest BCUT2D eigenvalue weighted by Crippen LogP contribution is 2.02. The fourth-order valence-corrected chi connectivity index (χ4v) is 0.565. The summed E-state index contributed by atoms with van der Waals surface area (Å²) in [7, 11) is 0. The lowest BCUT2D eigenvalue weighted by molar-refractivity contribution is 0.977. The lowest BCUT2D eigenvalue weighted by atomic mass is 10.1. The van der Waals surface area contributed by atoms with Crippen LogP contribution in [0.3, 0.4) is 0 Å². The fourth-order valence-electron chi connectivity index (χ4n) is 0.565. The molecule has 0 aliphatic heterocycles. The molecule has 0 fully saturated rings. The molecule has 0 saturated heterocycles. The lowest BCUT2D eigenvalue weighted by Gasteiger charge is -1.93. The average molecular weight is 123 g/mol. The molecular weight excluding hydrogens is 108 g/mol. The largest absolute Gasteiger partial charge is 0.100 e. The van der Waals surface area contributed by atoms with Crippen molar-refractivity contribution in [3.63, 3.8) is 0 Å². The Morgan fingerprint density at radius 3 is 2.33 bits per heavy atom. The van der Waals surface area contributed by atoms with E-state index in [2.05, 4.69) is 19.6 Å². The van der Waals surface area contributed by atoms with Gasteiger partial charge in [-0.05, 0) is 33.6 Å². The Bertz CT molecular complexity index is 114. The summed E-state index contributed by atoms with van der Waals surface area (Å²) in [6.45, 7) is 11.6. The van der Waals surface area contributed by atoms with Crippen LogP contribution in [0.2, 0.25) is 0 Å². The van der Waals surface area contributed by atoms with Gasteiger partial charge in [0.05, 0.1) is 0 Å². The van der Waals surface area contributed by atoms with Crippen LogP contribution in [0.25, 0.3) is 0 Å². The Kier molecular flexibility index (Phi) is 4.12. The van der Waals surface area contributed by atoms with Gasteiger partial charge < -0.3 is 0 Å². The van der Waals surface area contributed by atoms with Gasteiger partial charge in [0.25, 0.3) is 0 Å². The van der Waals surface area contributed by atoms with Crippen LogP contribution in [0, 0.1) is 6.92 Å². The summed E-state index contributed by atoms with van der Waals surface area (Å²) in [5, 5.41) is 0. The third-order valence-corrected chi connectivity index (χ3v) is 1.06. The van der Waals surface area contributed by atoms with E-state index in [0.29, 0.717) is 0 Å². The standard InChI is InChI=1S/C9H15/c1-8(2)6-5-7-9(3)4/h6H,1,3,5,7H2,2,4H3. The summed E-state index contributed by atoms with van der Waals surface area (Å²) in [4.78, 5) is 0. The highest BCUT2D eigenvalue weighted by molar-refractivity contribution is 5.02. The van der Waals surface area contributed by atoms with E-state index in [1.165, 1.54) is 5.57 Å². The molecule has 0 aromatic rings. The quantitative estimate of drug-likeness (QED) is 0.506. The highest BCUT2D eigenvalue weighted by atomic mass is 13.9. The summed E-state index contributed by atoms with van der Waals surface area (Å²) >= 11 is 0. The second kappa shape index (κ2) is 4.37. The van der Waals surface area contributed by atoms with Gasteiger partial charge in [-0.3, -0.25) is 0 Å². The van der Waals surface area contributed by atoms with Crippen molar-refractivity contribution in [2.45, 2.75) is 26.7 Å². The van der Waals surface area contributed by atoms with Crippen molar-refractivity contribution < 1.29 is 0 Å². The topological polar surface area (TPSA) is 0 Å². The van der Waals surface area contributed by atoms with Crippen LogP contribution in [0.1, 0.15) is 26.7 Å². The molecule has 0 aromatic heterocycles. The molecule has 0 aliphatic rings. The molecule has 51 valence electrons. The predicted molar refractivity (Wildman–Crippen MR) is 43.2 cm³/mol. The van der Waals surface area contributed by atoms with Gasteiger partial charge in [0, 0.05) is 0 Å². The second-order valence-electron chi connectivity index (χ2n) is 2.55. The average Bonchev–Trinajstić information content (AvgIpc) is 1.63. The van der Waals surface area contributed by atoms with Crippen molar-refractivity contribution in [3.05, 3.63) is 30.7 Å². The zero-order valence-electron chi connectivity index (χ0n) is 6.41. The summed E-state index contributed by atoms with van der Waals surface area (Å²) < 4.78 is 0. The molecule has 0 aliphatic carbocycles. The molecule has 0 bridgehead atoms. The molecule has 0 heteroatoms. The van der Waals surface area contributed by atoms with Crippen molar-refractivity contribution in [3.8, 4) is 0 Å². The van der Waals surface area contributed by atoms with Gasteiger partial charge in [-0.1, -0.05) is 17.2 Å². The van der Waals surface area contributed by atoms with Crippen molar-refractivity contribution in [1.82, 2.24) is 0 Å². The minimum absolute atomic E-state index is 1.09. The monoisotopic (exact) mass is 123 g/mol. The van der Waals surface area contributed by atoms with E-state index in [4.69, 9.17) is 0 Å². The lowest BCUT2D eigenvalue weighted by Crippen LogP contribution is -1.72. The van der Waals surface area contributed by atoms with E-state index in [0.717, 1.165) is 18.4 Å². The first-order valence-electron chi connectivity index (χ1n) is 3.26. The van der Waals surface area contributed by atoms with Crippen molar-refractivity contribution in [2.75, 3.05) is 0 Å². The summed E-state index contributed by atoms with van der Waals surface area (Å²) in [6, 6.07) is 0. The predicted octanol–water partition coefficient (Wildman–Crippen LogP) is 3.12. The normalized spacial score (nSPS) is 11.7. The maximum absolute atomic E-state index is 3.80. The maximum atomic E-state index is 3.80. The van der Waals surface area contributed by atoms with Gasteiger partial charge >= 0.3 is 0 Å². The third-order valence-electron chi connectivity index (χ3n) is 1.06. The zero-order valence-corrected chi connectivity index (χ0v) is 6.41. The summed E-state index contributed by atoms with van der Waals surface area (Å²) in [6.07, 6.45) is 4.31. The van der Waals surface area contributed by atoms with E-state index in [1.807, 2.05) is 13.8 Å². The fraction of sp³-hybridized carbons (Fsp3) is 0.444. The molecule has 1 radical (unpaired) electrons. The molecule has 0 N–H and O–H groups in total. The molecule has 0 unspecified atom stereocenters. The molecule has 9 heavy (non-hydrogen) atoms. The molecular formula is C9H15. The minimum atomic E-state index is 1.09. The van der Waals surface area contributed by atoms with Crippen LogP contribution >= 0.6 is 0 Å². The van der Waals surface area contributed by atoms with Crippen molar-refractivity contribution >= 4 is 0 Å². The van der Waals surface area contributed by atoms with E-state index < -0.39 is 0 Å². The maximum Gasteiger partial charge on any atom is -0.0286 e. The number of allylic oxidation sites excluding steroid dienone is 3. The summed E-state index contributed by atoms with van der Waals surface area (Å²) in [5.41, 5.74) is 2.39. The molecule has 0 amide bonds. The van der Waals surface area contributed by atoms with Gasteiger partial charge in [0.1, 0.15) is 0 Å². The summed E-state index contributed by atoms with van der Waals surface area (Å²) in [5.74, 6) is 0.